The number of fused-ring (bicyclic) bond motifs is 9. The first kappa shape index (κ1) is 15.8. The number of aliphatic hydroxyl groups is 1. The Morgan fingerprint density at radius 2 is 2.12 bits per heavy atom. The minimum Gasteiger partial charge on any atom is -0.365 e. The molecule has 3 heteroatoms. The van der Waals surface area contributed by atoms with Crippen LogP contribution in [0.15, 0.2) is 36.0 Å². The number of hydrogen-bond donors (Lipinski definition) is 1. The summed E-state index contributed by atoms with van der Waals surface area (Å²) in [5.74, 6) is 4.19. The molecule has 0 aromatic rings. The summed E-state index contributed by atoms with van der Waals surface area (Å²) >= 11 is 0. The van der Waals surface area contributed by atoms with Gasteiger partial charge in [0.05, 0.1) is 5.60 Å². The van der Waals surface area contributed by atoms with Crippen molar-refractivity contribution in [3.05, 3.63) is 36.0 Å². The highest BCUT2D eigenvalue weighted by molar-refractivity contribution is 5.92. The second-order valence-electron chi connectivity index (χ2n) is 10.00. The van der Waals surface area contributed by atoms with Gasteiger partial charge in [-0.25, -0.2) is 0 Å². The average molecular weight is 352 g/mol. The molecule has 1 aliphatic heterocycles. The number of allylic oxidation sites excluding steroid dienone is 2. The largest absolute Gasteiger partial charge is 0.365 e. The maximum Gasteiger partial charge on any atom is 0.175 e. The molecule has 0 aromatic heterocycles. The second-order valence-corrected chi connectivity index (χ2v) is 10.00. The molecule has 0 saturated heterocycles. The molecule has 4 saturated carbocycles. The quantitative estimate of drug-likeness (QED) is 0.675. The number of ketones is 1. The molecule has 26 heavy (non-hydrogen) atoms. The smallest absolute Gasteiger partial charge is 0.175 e. The first-order chi connectivity index (χ1) is 12.4. The van der Waals surface area contributed by atoms with Crippen LogP contribution in [0.25, 0.3) is 0 Å². The first-order valence-corrected chi connectivity index (χ1v) is 10.4. The Balaban J connectivity index is 1.40. The molecule has 0 aromatic carbocycles. The molecule has 5 aliphatic carbocycles. The van der Waals surface area contributed by atoms with E-state index in [1.807, 2.05) is 12.2 Å². The molecular formula is C23H28O3. The molecule has 6 aliphatic rings. The molecule has 1 heterocycles. The lowest BCUT2D eigenvalue weighted by molar-refractivity contribution is -0.194. The van der Waals surface area contributed by atoms with Crippen LogP contribution in [0.4, 0.5) is 0 Å². The van der Waals surface area contributed by atoms with Gasteiger partial charge in [-0.05, 0) is 85.3 Å². The molecular weight excluding hydrogens is 324 g/mol. The molecule has 4 unspecified atom stereocenters. The third-order valence-corrected chi connectivity index (χ3v) is 9.14. The first-order valence-electron chi connectivity index (χ1n) is 10.4. The van der Waals surface area contributed by atoms with Gasteiger partial charge < -0.3 is 9.84 Å². The summed E-state index contributed by atoms with van der Waals surface area (Å²) in [7, 11) is 0. The lowest BCUT2D eigenvalue weighted by Crippen LogP contribution is -2.55. The standard InChI is InChI=1S/C23H28O3/c1-12-9-17-15(14-4-3-13(24)10-16(12)14)5-7-22(2)21(17)18-11-19(18)23(22)8-6-20(25)26-23/h6,8,10,14-15,17-21,25H,1,3-5,7,9,11H2,2H3/t14-,15?,17?,18+,19-,20?,21?,22+,23+/m1/s1. The number of carbonyl (C=O) groups is 1. The number of rotatable bonds is 0. The van der Waals surface area contributed by atoms with Crippen LogP contribution in [0.5, 0.6) is 0 Å². The van der Waals surface area contributed by atoms with Crippen LogP contribution in [-0.2, 0) is 9.53 Å². The van der Waals surface area contributed by atoms with E-state index in [4.69, 9.17) is 4.74 Å². The fraction of sp³-hybridized carbons (Fsp3) is 0.696. The second kappa shape index (κ2) is 4.80. The van der Waals surface area contributed by atoms with Crippen LogP contribution in [-0.4, -0.2) is 22.8 Å². The molecule has 1 spiro atoms. The van der Waals surface area contributed by atoms with Crippen LogP contribution in [0.2, 0.25) is 0 Å². The third-order valence-electron chi connectivity index (χ3n) is 9.14. The van der Waals surface area contributed by atoms with Crippen molar-refractivity contribution in [1.29, 1.82) is 0 Å². The zero-order valence-electron chi connectivity index (χ0n) is 15.5. The monoisotopic (exact) mass is 352 g/mol. The zero-order valence-corrected chi connectivity index (χ0v) is 15.5. The normalized spacial score (nSPS) is 56.7. The molecule has 6 rings (SSSR count). The van der Waals surface area contributed by atoms with Gasteiger partial charge in [0.1, 0.15) is 0 Å². The third kappa shape index (κ3) is 1.70. The van der Waals surface area contributed by atoms with Crippen LogP contribution >= 0.6 is 0 Å². The maximum absolute atomic E-state index is 12.0. The molecule has 138 valence electrons. The van der Waals surface area contributed by atoms with E-state index < -0.39 is 6.29 Å². The summed E-state index contributed by atoms with van der Waals surface area (Å²) in [5.41, 5.74) is 2.38. The van der Waals surface area contributed by atoms with Crippen LogP contribution < -0.4 is 0 Å². The van der Waals surface area contributed by atoms with Crippen molar-refractivity contribution >= 4 is 5.78 Å². The Hall–Kier alpha value is -1.19. The molecule has 4 fully saturated rings. The van der Waals surface area contributed by atoms with Gasteiger partial charge in [-0.2, -0.15) is 0 Å². The number of aliphatic hydroxyl groups excluding tert-OH is 1. The van der Waals surface area contributed by atoms with Gasteiger partial charge in [-0.1, -0.05) is 25.2 Å². The molecule has 0 amide bonds. The van der Waals surface area contributed by atoms with Crippen molar-refractivity contribution in [2.75, 3.05) is 0 Å². The Morgan fingerprint density at radius 1 is 1.27 bits per heavy atom. The van der Waals surface area contributed by atoms with Crippen molar-refractivity contribution in [3.63, 3.8) is 0 Å². The van der Waals surface area contributed by atoms with Crippen molar-refractivity contribution in [2.24, 2.45) is 40.9 Å². The summed E-state index contributed by atoms with van der Waals surface area (Å²) < 4.78 is 6.23. The van der Waals surface area contributed by atoms with E-state index in [9.17, 15) is 9.90 Å². The summed E-state index contributed by atoms with van der Waals surface area (Å²) in [6, 6.07) is 0. The van der Waals surface area contributed by atoms with E-state index in [1.54, 1.807) is 0 Å². The van der Waals surface area contributed by atoms with Gasteiger partial charge >= 0.3 is 0 Å². The van der Waals surface area contributed by atoms with Crippen molar-refractivity contribution < 1.29 is 14.6 Å². The van der Waals surface area contributed by atoms with Gasteiger partial charge in [0, 0.05) is 11.8 Å². The molecule has 1 N–H and O–H groups in total. The van der Waals surface area contributed by atoms with Gasteiger partial charge in [-0.15, -0.1) is 0 Å². The van der Waals surface area contributed by atoms with Gasteiger partial charge in [0.25, 0.3) is 0 Å². The average Bonchev–Trinajstić information content (AvgIpc) is 3.24. The van der Waals surface area contributed by atoms with Crippen molar-refractivity contribution in [1.82, 2.24) is 0 Å². The molecule has 0 bridgehead atoms. The van der Waals surface area contributed by atoms with Gasteiger partial charge in [0.15, 0.2) is 12.1 Å². The SMILES string of the molecule is C=C1CC2C(CC[C@@]3(C)C2[C@H]2C[C@H]2[C@@]32C=CC(O)O2)[C@H]2CCC(=O)C=C12. The lowest BCUT2D eigenvalue weighted by Gasteiger charge is -2.57. The van der Waals surface area contributed by atoms with E-state index >= 15 is 0 Å². The predicted molar refractivity (Wildman–Crippen MR) is 97.9 cm³/mol. The highest BCUT2D eigenvalue weighted by atomic mass is 16.6. The summed E-state index contributed by atoms with van der Waals surface area (Å²) in [4.78, 5) is 12.0. The lowest BCUT2D eigenvalue weighted by atomic mass is 9.48. The van der Waals surface area contributed by atoms with Crippen LogP contribution in [0, 0.1) is 40.9 Å². The van der Waals surface area contributed by atoms with E-state index in [0.29, 0.717) is 36.0 Å². The van der Waals surface area contributed by atoms with Crippen molar-refractivity contribution in [2.45, 2.75) is 57.3 Å². The number of ether oxygens (including phenoxy) is 1. The van der Waals surface area contributed by atoms with E-state index in [2.05, 4.69) is 19.6 Å². The minimum absolute atomic E-state index is 0.127. The van der Waals surface area contributed by atoms with E-state index in [0.717, 1.165) is 18.8 Å². The molecule has 0 radical (unpaired) electrons. The zero-order chi connectivity index (χ0) is 17.8. The van der Waals surface area contributed by atoms with E-state index in [1.165, 1.54) is 30.4 Å². The fourth-order valence-corrected chi connectivity index (χ4v) is 8.19. The Morgan fingerprint density at radius 3 is 2.88 bits per heavy atom. The van der Waals surface area contributed by atoms with Crippen LogP contribution in [0.3, 0.4) is 0 Å². The summed E-state index contributed by atoms with van der Waals surface area (Å²) in [5, 5.41) is 10.1. The fourth-order valence-electron chi connectivity index (χ4n) is 8.19. The Kier molecular flexibility index (Phi) is 2.92. The summed E-state index contributed by atoms with van der Waals surface area (Å²) in [6.07, 6.45) is 11.7. The maximum atomic E-state index is 12.0. The highest BCUT2D eigenvalue weighted by Crippen LogP contribution is 2.77. The Labute approximate surface area is 155 Å². The molecule has 9 atom stereocenters. The molecule has 3 nitrogen and oxygen atoms in total. The highest BCUT2D eigenvalue weighted by Gasteiger charge is 2.77. The topological polar surface area (TPSA) is 46.5 Å². The summed E-state index contributed by atoms with van der Waals surface area (Å²) in [6.45, 7) is 6.83. The van der Waals surface area contributed by atoms with Crippen LogP contribution in [0.1, 0.15) is 45.4 Å². The number of hydrogen-bond acceptors (Lipinski definition) is 3. The van der Waals surface area contributed by atoms with Gasteiger partial charge in [0.2, 0.25) is 0 Å². The van der Waals surface area contributed by atoms with Crippen molar-refractivity contribution in [3.8, 4) is 0 Å². The number of carbonyl (C=O) groups excluding carboxylic acids is 1. The van der Waals surface area contributed by atoms with E-state index in [-0.39, 0.29) is 16.8 Å². The van der Waals surface area contributed by atoms with Gasteiger partial charge in [-0.3, -0.25) is 4.79 Å². The Bertz CT molecular complexity index is 778. The predicted octanol–water partition coefficient (Wildman–Crippen LogP) is 3.79. The minimum atomic E-state index is -0.732.